The van der Waals surface area contributed by atoms with E-state index in [4.69, 9.17) is 17.3 Å². The lowest BCUT2D eigenvalue weighted by Gasteiger charge is -2.20. The number of anilines is 3. The molecule has 3 heterocycles. The van der Waals surface area contributed by atoms with Gasteiger partial charge in [0.05, 0.1) is 11.4 Å². The van der Waals surface area contributed by atoms with Gasteiger partial charge in [0.15, 0.2) is 5.13 Å². The first-order valence-corrected chi connectivity index (χ1v) is 9.58. The minimum atomic E-state index is -0.681. The first-order valence-electron chi connectivity index (χ1n) is 8.23. The maximum atomic E-state index is 14.2. The van der Waals surface area contributed by atoms with E-state index in [0.29, 0.717) is 38.4 Å². The van der Waals surface area contributed by atoms with Crippen molar-refractivity contribution in [3.63, 3.8) is 0 Å². The molecule has 142 valence electrons. The van der Waals surface area contributed by atoms with Crippen LogP contribution in [-0.4, -0.2) is 22.0 Å². The molecule has 0 saturated heterocycles. The molecule has 9 heteroatoms. The predicted octanol–water partition coefficient (Wildman–Crippen LogP) is 5.12. The summed E-state index contributed by atoms with van der Waals surface area (Å²) in [4.78, 5) is 15.5. The Morgan fingerprint density at radius 1 is 1.14 bits per heavy atom. The smallest absolute Gasteiger partial charge is 0.182 e. The van der Waals surface area contributed by atoms with Gasteiger partial charge in [-0.25, -0.2) is 18.7 Å². The normalized spacial score (nSPS) is 11.1. The quantitative estimate of drug-likeness (QED) is 0.467. The van der Waals surface area contributed by atoms with Gasteiger partial charge in [-0.2, -0.15) is 0 Å². The molecule has 3 aromatic heterocycles. The number of rotatable bonds is 4. The van der Waals surface area contributed by atoms with Gasteiger partial charge in [-0.1, -0.05) is 17.4 Å². The number of halogens is 3. The minimum absolute atomic E-state index is 0.196. The van der Waals surface area contributed by atoms with Crippen molar-refractivity contribution < 1.29 is 8.78 Å². The van der Waals surface area contributed by atoms with Crippen LogP contribution in [-0.2, 0) is 5.88 Å². The van der Waals surface area contributed by atoms with Crippen molar-refractivity contribution in [3.05, 3.63) is 59.8 Å². The van der Waals surface area contributed by atoms with Crippen LogP contribution in [0.5, 0.6) is 0 Å². The Labute approximate surface area is 168 Å². The number of hydrogen-bond acceptors (Lipinski definition) is 6. The zero-order valence-corrected chi connectivity index (χ0v) is 16.2. The van der Waals surface area contributed by atoms with E-state index in [1.54, 1.807) is 24.2 Å². The number of benzene rings is 1. The van der Waals surface area contributed by atoms with Crippen LogP contribution in [0.4, 0.5) is 25.4 Å². The van der Waals surface area contributed by atoms with Crippen molar-refractivity contribution in [1.29, 1.82) is 0 Å². The summed E-state index contributed by atoms with van der Waals surface area (Å²) in [6, 6.07) is 8.87. The molecule has 2 N–H and O–H groups in total. The van der Waals surface area contributed by atoms with Gasteiger partial charge < -0.3 is 10.6 Å². The van der Waals surface area contributed by atoms with Gasteiger partial charge in [-0.15, -0.1) is 11.6 Å². The lowest BCUT2D eigenvalue weighted by molar-refractivity contribution is 0.583. The molecular weight excluding hydrogens is 404 g/mol. The van der Waals surface area contributed by atoms with Crippen LogP contribution in [0.15, 0.2) is 42.6 Å². The molecule has 0 aliphatic heterocycles. The number of hydrogen-bond donors (Lipinski definition) is 1. The Kier molecular flexibility index (Phi) is 4.82. The third kappa shape index (κ3) is 3.36. The number of alkyl halides is 1. The third-order valence-electron chi connectivity index (χ3n) is 4.24. The molecule has 0 fully saturated rings. The van der Waals surface area contributed by atoms with Crippen molar-refractivity contribution in [3.8, 4) is 11.3 Å². The SMILES string of the molecule is CN(c1cc(-c2ccc(CCl)cn2)c2nc(N)sc2n1)c1ccc(F)cc1F. The van der Waals surface area contributed by atoms with Crippen LogP contribution >= 0.6 is 22.9 Å². The number of nitrogens with two attached hydrogens (primary N) is 1. The fourth-order valence-corrected chi connectivity index (χ4v) is 3.70. The lowest BCUT2D eigenvalue weighted by Crippen LogP contribution is -2.13. The summed E-state index contributed by atoms with van der Waals surface area (Å²) >= 11 is 7.07. The van der Waals surface area contributed by atoms with Crippen molar-refractivity contribution in [1.82, 2.24) is 15.0 Å². The molecule has 4 rings (SSSR count). The van der Waals surface area contributed by atoms with Gasteiger partial charge in [-0.3, -0.25) is 4.98 Å². The molecule has 4 aromatic rings. The van der Waals surface area contributed by atoms with Gasteiger partial charge in [0.25, 0.3) is 0 Å². The first-order chi connectivity index (χ1) is 13.5. The summed E-state index contributed by atoms with van der Waals surface area (Å²) in [5, 5.41) is 0.369. The third-order valence-corrected chi connectivity index (χ3v) is 5.33. The van der Waals surface area contributed by atoms with Crippen molar-refractivity contribution in [2.75, 3.05) is 17.7 Å². The van der Waals surface area contributed by atoms with Crippen molar-refractivity contribution in [2.45, 2.75) is 5.88 Å². The molecule has 0 spiro atoms. The standard InChI is InChI=1S/C19H14ClF2N5S/c1-27(15-5-3-11(21)6-13(15)22)16-7-12(14-4-2-10(8-20)9-24-14)17-18(25-16)28-19(23)26-17/h2-7,9H,8H2,1H3,(H2,23,26). The van der Waals surface area contributed by atoms with Gasteiger partial charge >= 0.3 is 0 Å². The van der Waals surface area contributed by atoms with E-state index in [0.717, 1.165) is 11.6 Å². The molecule has 5 nitrogen and oxygen atoms in total. The van der Waals surface area contributed by atoms with Crippen LogP contribution < -0.4 is 10.6 Å². The highest BCUT2D eigenvalue weighted by molar-refractivity contribution is 7.21. The Bertz CT molecular complexity index is 1160. The molecule has 0 aliphatic rings. The molecule has 0 saturated carbocycles. The van der Waals surface area contributed by atoms with Gasteiger partial charge in [0.2, 0.25) is 0 Å². The minimum Gasteiger partial charge on any atom is -0.375 e. The van der Waals surface area contributed by atoms with Gasteiger partial charge in [-0.05, 0) is 29.8 Å². The monoisotopic (exact) mass is 417 g/mol. The largest absolute Gasteiger partial charge is 0.375 e. The van der Waals surface area contributed by atoms with E-state index in [1.807, 2.05) is 12.1 Å². The lowest BCUT2D eigenvalue weighted by atomic mass is 10.1. The van der Waals surface area contributed by atoms with Crippen molar-refractivity contribution >= 4 is 49.9 Å². The van der Waals surface area contributed by atoms with E-state index in [-0.39, 0.29) is 5.69 Å². The molecule has 1 aromatic carbocycles. The number of fused-ring (bicyclic) bond motifs is 1. The second-order valence-corrected chi connectivity index (χ2v) is 7.35. The van der Waals surface area contributed by atoms with Gasteiger partial charge in [0.1, 0.15) is 27.8 Å². The maximum Gasteiger partial charge on any atom is 0.182 e. The number of nitrogens with zero attached hydrogens (tertiary/aromatic N) is 4. The second kappa shape index (κ2) is 7.29. The van der Waals surface area contributed by atoms with Crippen LogP contribution in [0.3, 0.4) is 0 Å². The Morgan fingerprint density at radius 2 is 1.96 bits per heavy atom. The van der Waals surface area contributed by atoms with Crippen molar-refractivity contribution in [2.24, 2.45) is 0 Å². The number of aromatic nitrogens is 3. The van der Waals surface area contributed by atoms with Crippen LogP contribution in [0.25, 0.3) is 21.6 Å². The Balaban J connectivity index is 1.87. The summed E-state index contributed by atoms with van der Waals surface area (Å²) in [5.41, 5.74) is 8.96. The number of nitrogen functional groups attached to an aromatic ring is 1. The average Bonchev–Trinajstić information content (AvgIpc) is 3.07. The predicted molar refractivity (Wildman–Crippen MR) is 109 cm³/mol. The molecule has 0 amide bonds. The highest BCUT2D eigenvalue weighted by Gasteiger charge is 2.18. The van der Waals surface area contributed by atoms with Crippen LogP contribution in [0.1, 0.15) is 5.56 Å². The zero-order chi connectivity index (χ0) is 19.8. The van der Waals surface area contributed by atoms with Crippen LogP contribution in [0.2, 0.25) is 0 Å². The van der Waals surface area contributed by atoms with E-state index >= 15 is 0 Å². The fraction of sp³-hybridized carbons (Fsp3) is 0.105. The summed E-state index contributed by atoms with van der Waals surface area (Å²) < 4.78 is 27.5. The highest BCUT2D eigenvalue weighted by atomic mass is 35.5. The Hall–Kier alpha value is -2.84. The summed E-state index contributed by atoms with van der Waals surface area (Å²) in [6.45, 7) is 0. The summed E-state index contributed by atoms with van der Waals surface area (Å²) in [7, 11) is 1.66. The molecule has 0 atom stereocenters. The van der Waals surface area contributed by atoms with Crippen LogP contribution in [0, 0.1) is 11.6 Å². The Morgan fingerprint density at radius 3 is 2.64 bits per heavy atom. The number of thiazole rings is 1. The second-order valence-electron chi connectivity index (χ2n) is 6.07. The maximum absolute atomic E-state index is 14.2. The zero-order valence-electron chi connectivity index (χ0n) is 14.7. The summed E-state index contributed by atoms with van der Waals surface area (Å²) in [6.07, 6.45) is 1.69. The number of pyridine rings is 2. The molecular formula is C19H14ClF2N5S. The van der Waals surface area contributed by atoms with E-state index in [9.17, 15) is 8.78 Å². The van der Waals surface area contributed by atoms with Gasteiger partial charge in [0, 0.05) is 30.8 Å². The molecule has 0 radical (unpaired) electrons. The molecule has 28 heavy (non-hydrogen) atoms. The first kappa shape index (κ1) is 18.5. The molecule has 0 unspecified atom stereocenters. The molecule has 0 aliphatic carbocycles. The topological polar surface area (TPSA) is 67.9 Å². The van der Waals surface area contributed by atoms with E-state index < -0.39 is 11.6 Å². The molecule has 0 bridgehead atoms. The highest BCUT2D eigenvalue weighted by Crippen LogP contribution is 2.35. The van der Waals surface area contributed by atoms with E-state index in [1.165, 1.54) is 23.5 Å². The summed E-state index contributed by atoms with van der Waals surface area (Å²) in [5.74, 6) is -0.502. The average molecular weight is 418 g/mol. The fourth-order valence-electron chi connectivity index (χ4n) is 2.82. The van der Waals surface area contributed by atoms with E-state index in [2.05, 4.69) is 15.0 Å².